The number of aliphatic hydroxyl groups is 1. The first-order valence-corrected chi connectivity index (χ1v) is 8.18. The summed E-state index contributed by atoms with van der Waals surface area (Å²) >= 11 is 2.31. The highest BCUT2D eigenvalue weighted by Crippen LogP contribution is 2.29. The van der Waals surface area contributed by atoms with Crippen LogP contribution in [0.1, 0.15) is 50.1 Å². The molecule has 1 fully saturated rings. The van der Waals surface area contributed by atoms with Crippen molar-refractivity contribution in [3.63, 3.8) is 0 Å². The molecule has 0 radical (unpaired) electrons. The maximum Gasteiger partial charge on any atom is 0.105 e. The second-order valence-electron chi connectivity index (χ2n) is 5.27. The number of hydrogen-bond acceptors (Lipinski definition) is 3. The zero-order valence-electron chi connectivity index (χ0n) is 11.7. The molecule has 2 heterocycles. The first-order chi connectivity index (χ1) is 9.13. The van der Waals surface area contributed by atoms with E-state index in [4.69, 9.17) is 4.74 Å². The normalized spacial score (nSPS) is 18.7. The molecule has 1 aromatic rings. The Kier molecular flexibility index (Phi) is 5.65. The highest BCUT2D eigenvalue weighted by molar-refractivity contribution is 14.1. The first-order valence-electron chi connectivity index (χ1n) is 7.10. The molecule has 0 saturated carbocycles. The van der Waals surface area contributed by atoms with Gasteiger partial charge in [-0.25, -0.2) is 0 Å². The Morgan fingerprint density at radius 3 is 2.74 bits per heavy atom. The molecule has 5 heteroatoms. The molecule has 0 spiro atoms. The summed E-state index contributed by atoms with van der Waals surface area (Å²) < 4.78 is 8.39. The van der Waals surface area contributed by atoms with Crippen LogP contribution in [0.4, 0.5) is 0 Å². The van der Waals surface area contributed by atoms with Crippen molar-refractivity contribution in [3.8, 4) is 0 Å². The SMILES string of the molecule is CCc1c(I)c(C(O)CCC2CCOCC2)nn1C. The van der Waals surface area contributed by atoms with Gasteiger partial charge in [-0.15, -0.1) is 0 Å². The zero-order valence-corrected chi connectivity index (χ0v) is 13.9. The molecular weight excluding hydrogens is 355 g/mol. The predicted octanol–water partition coefficient (Wildman–Crippen LogP) is 2.83. The van der Waals surface area contributed by atoms with Gasteiger partial charge < -0.3 is 9.84 Å². The molecule has 19 heavy (non-hydrogen) atoms. The molecule has 1 N–H and O–H groups in total. The summed E-state index contributed by atoms with van der Waals surface area (Å²) in [4.78, 5) is 0. The molecule has 2 rings (SSSR count). The van der Waals surface area contributed by atoms with Crippen molar-refractivity contribution in [1.29, 1.82) is 0 Å². The standard InChI is InChI=1S/C14H23IN2O2/c1-3-11-13(15)14(16-17(11)2)12(18)5-4-10-6-8-19-9-7-10/h10,12,18H,3-9H2,1-2H3. The number of aromatic nitrogens is 2. The van der Waals surface area contributed by atoms with Crippen LogP contribution in [-0.4, -0.2) is 28.1 Å². The molecule has 0 aliphatic carbocycles. The van der Waals surface area contributed by atoms with Crippen molar-refractivity contribution in [3.05, 3.63) is 15.0 Å². The highest BCUT2D eigenvalue weighted by atomic mass is 127. The van der Waals surface area contributed by atoms with Gasteiger partial charge in [0, 0.05) is 20.3 Å². The van der Waals surface area contributed by atoms with E-state index in [1.54, 1.807) is 0 Å². The molecule has 0 bridgehead atoms. The van der Waals surface area contributed by atoms with E-state index < -0.39 is 6.10 Å². The van der Waals surface area contributed by atoms with Crippen molar-refractivity contribution in [2.24, 2.45) is 13.0 Å². The van der Waals surface area contributed by atoms with Crippen LogP contribution >= 0.6 is 22.6 Å². The molecular formula is C14H23IN2O2. The topological polar surface area (TPSA) is 47.3 Å². The largest absolute Gasteiger partial charge is 0.387 e. The first kappa shape index (κ1) is 15.3. The van der Waals surface area contributed by atoms with Gasteiger partial charge in [-0.3, -0.25) is 4.68 Å². The molecule has 1 aromatic heterocycles. The van der Waals surface area contributed by atoms with Crippen LogP contribution < -0.4 is 0 Å². The maximum atomic E-state index is 10.4. The number of halogens is 1. The van der Waals surface area contributed by atoms with Crippen molar-refractivity contribution >= 4 is 22.6 Å². The van der Waals surface area contributed by atoms with E-state index in [-0.39, 0.29) is 0 Å². The van der Waals surface area contributed by atoms with Gasteiger partial charge in [0.25, 0.3) is 0 Å². The lowest BCUT2D eigenvalue weighted by molar-refractivity contribution is 0.0564. The van der Waals surface area contributed by atoms with Gasteiger partial charge >= 0.3 is 0 Å². The summed E-state index contributed by atoms with van der Waals surface area (Å²) in [6, 6.07) is 0. The van der Waals surface area contributed by atoms with Crippen LogP contribution in [-0.2, 0) is 18.2 Å². The minimum atomic E-state index is -0.429. The summed E-state index contributed by atoms with van der Waals surface area (Å²) in [5.41, 5.74) is 2.06. The van der Waals surface area contributed by atoms with Crippen molar-refractivity contribution < 1.29 is 9.84 Å². The summed E-state index contributed by atoms with van der Waals surface area (Å²) in [6.45, 7) is 3.88. The quantitative estimate of drug-likeness (QED) is 0.802. The molecule has 1 aliphatic heterocycles. The summed E-state index contributed by atoms with van der Waals surface area (Å²) in [5.74, 6) is 0.704. The van der Waals surface area contributed by atoms with Crippen LogP contribution in [0.15, 0.2) is 0 Å². The highest BCUT2D eigenvalue weighted by Gasteiger charge is 2.21. The second-order valence-corrected chi connectivity index (χ2v) is 6.35. The van der Waals surface area contributed by atoms with Crippen LogP contribution in [0.2, 0.25) is 0 Å². The zero-order chi connectivity index (χ0) is 13.8. The Labute approximate surface area is 128 Å². The predicted molar refractivity (Wildman–Crippen MR) is 83.0 cm³/mol. The van der Waals surface area contributed by atoms with Gasteiger partial charge in [0.2, 0.25) is 0 Å². The Balaban J connectivity index is 1.93. The summed E-state index contributed by atoms with van der Waals surface area (Å²) in [6.07, 6.45) is 4.66. The molecule has 1 saturated heterocycles. The molecule has 1 aliphatic rings. The van der Waals surface area contributed by atoms with E-state index in [9.17, 15) is 5.11 Å². The lowest BCUT2D eigenvalue weighted by atomic mass is 9.93. The van der Waals surface area contributed by atoms with E-state index in [1.807, 2.05) is 11.7 Å². The fraction of sp³-hybridized carbons (Fsp3) is 0.786. The van der Waals surface area contributed by atoms with E-state index >= 15 is 0 Å². The average Bonchev–Trinajstić information content (AvgIpc) is 2.72. The van der Waals surface area contributed by atoms with Crippen molar-refractivity contribution in [2.45, 2.75) is 45.1 Å². The third-order valence-electron chi connectivity index (χ3n) is 3.97. The van der Waals surface area contributed by atoms with E-state index in [1.165, 1.54) is 5.69 Å². The second kappa shape index (κ2) is 7.04. The molecule has 0 aromatic carbocycles. The van der Waals surface area contributed by atoms with Crippen molar-refractivity contribution in [1.82, 2.24) is 9.78 Å². The van der Waals surface area contributed by atoms with Gasteiger partial charge in [0.15, 0.2) is 0 Å². The molecule has 0 amide bonds. The minimum absolute atomic E-state index is 0.429. The number of rotatable bonds is 5. The van der Waals surface area contributed by atoms with Crippen LogP contribution in [0.25, 0.3) is 0 Å². The Morgan fingerprint density at radius 1 is 1.47 bits per heavy atom. The third-order valence-corrected chi connectivity index (χ3v) is 5.14. The number of hydrogen-bond donors (Lipinski definition) is 1. The molecule has 1 atom stereocenters. The van der Waals surface area contributed by atoms with Gasteiger partial charge in [0.1, 0.15) is 5.69 Å². The molecule has 1 unspecified atom stereocenters. The maximum absolute atomic E-state index is 10.4. The fourth-order valence-electron chi connectivity index (χ4n) is 2.72. The lowest BCUT2D eigenvalue weighted by Gasteiger charge is -2.22. The average molecular weight is 378 g/mol. The Bertz CT molecular complexity index is 414. The summed E-state index contributed by atoms with van der Waals surface area (Å²) in [7, 11) is 1.95. The Hall–Kier alpha value is -0.140. The van der Waals surface area contributed by atoms with Gasteiger partial charge in [0.05, 0.1) is 15.4 Å². The number of aryl methyl sites for hydroxylation is 1. The summed E-state index contributed by atoms with van der Waals surface area (Å²) in [5, 5.41) is 14.8. The number of ether oxygens (including phenoxy) is 1. The third kappa shape index (κ3) is 3.70. The van der Waals surface area contributed by atoms with Gasteiger partial charge in [-0.2, -0.15) is 5.10 Å². The van der Waals surface area contributed by atoms with Crippen LogP contribution in [0.3, 0.4) is 0 Å². The minimum Gasteiger partial charge on any atom is -0.387 e. The van der Waals surface area contributed by atoms with Gasteiger partial charge in [-0.1, -0.05) is 6.92 Å². The van der Waals surface area contributed by atoms with Crippen LogP contribution in [0.5, 0.6) is 0 Å². The van der Waals surface area contributed by atoms with Gasteiger partial charge in [-0.05, 0) is 60.6 Å². The van der Waals surface area contributed by atoms with E-state index in [0.29, 0.717) is 5.92 Å². The lowest BCUT2D eigenvalue weighted by Crippen LogP contribution is -2.16. The smallest absolute Gasteiger partial charge is 0.105 e. The fourth-order valence-corrected chi connectivity index (χ4v) is 3.92. The van der Waals surface area contributed by atoms with E-state index in [2.05, 4.69) is 34.6 Å². The van der Waals surface area contributed by atoms with E-state index in [0.717, 1.165) is 54.6 Å². The van der Waals surface area contributed by atoms with Crippen molar-refractivity contribution in [2.75, 3.05) is 13.2 Å². The number of nitrogens with zero attached hydrogens (tertiary/aromatic N) is 2. The monoisotopic (exact) mass is 378 g/mol. The molecule has 108 valence electrons. The number of aliphatic hydroxyl groups excluding tert-OH is 1. The molecule has 4 nitrogen and oxygen atoms in total. The van der Waals surface area contributed by atoms with Crippen LogP contribution in [0, 0.1) is 9.49 Å². The Morgan fingerprint density at radius 2 is 2.16 bits per heavy atom.